The van der Waals surface area contributed by atoms with Gasteiger partial charge < -0.3 is 10.1 Å². The highest BCUT2D eigenvalue weighted by Gasteiger charge is 2.33. The van der Waals surface area contributed by atoms with E-state index in [2.05, 4.69) is 10.4 Å². The zero-order chi connectivity index (χ0) is 23.4. The van der Waals surface area contributed by atoms with E-state index in [1.165, 1.54) is 5.01 Å². The Labute approximate surface area is 201 Å². The number of hydrogen-bond donors (Lipinski definition) is 1. The van der Waals surface area contributed by atoms with E-state index in [0.717, 1.165) is 11.1 Å². The van der Waals surface area contributed by atoms with E-state index in [1.54, 1.807) is 37.4 Å². The molecule has 8 heteroatoms. The van der Waals surface area contributed by atoms with E-state index >= 15 is 0 Å². The van der Waals surface area contributed by atoms with Gasteiger partial charge in [-0.3, -0.25) is 9.59 Å². The summed E-state index contributed by atoms with van der Waals surface area (Å²) in [5.41, 5.74) is 2.67. The molecule has 2 amide bonds. The number of methoxy groups -OCH3 is 1. The fourth-order valence-corrected chi connectivity index (χ4v) is 4.13. The standard InChI is InChI=1S/C25H21Cl2N3O3/c1-33-17-12-10-16(11-13-17)23-14-22(18-6-2-4-8-20(18)26)29-30(23)24(31)15-28-25(32)19-7-3-5-9-21(19)27/h2-13,23H,14-15H2,1H3,(H,28,32)/t23-/m0/s1. The normalized spacial score (nSPS) is 15.2. The summed E-state index contributed by atoms with van der Waals surface area (Å²) in [6, 6.07) is 21.2. The van der Waals surface area contributed by atoms with Crippen LogP contribution in [0.15, 0.2) is 77.9 Å². The van der Waals surface area contributed by atoms with Crippen LogP contribution in [0.3, 0.4) is 0 Å². The van der Waals surface area contributed by atoms with Crippen LogP contribution in [0.1, 0.15) is 33.9 Å². The molecule has 3 aromatic rings. The maximum Gasteiger partial charge on any atom is 0.262 e. The lowest BCUT2D eigenvalue weighted by Gasteiger charge is -2.22. The molecule has 1 aliphatic heterocycles. The molecule has 0 saturated heterocycles. The molecule has 0 fully saturated rings. The van der Waals surface area contributed by atoms with Gasteiger partial charge in [0.05, 0.1) is 36.0 Å². The summed E-state index contributed by atoms with van der Waals surface area (Å²) < 4.78 is 5.24. The first kappa shape index (κ1) is 22.8. The van der Waals surface area contributed by atoms with Gasteiger partial charge in [-0.2, -0.15) is 5.10 Å². The second kappa shape index (κ2) is 10.1. The first-order chi connectivity index (χ1) is 16.0. The minimum atomic E-state index is -0.426. The maximum atomic E-state index is 13.1. The summed E-state index contributed by atoms with van der Waals surface area (Å²) in [6.07, 6.45) is 0.486. The Morgan fingerprint density at radius 1 is 1.00 bits per heavy atom. The minimum Gasteiger partial charge on any atom is -0.497 e. The number of hydrogen-bond acceptors (Lipinski definition) is 4. The number of rotatable bonds is 6. The second-order valence-electron chi connectivity index (χ2n) is 7.42. The van der Waals surface area contributed by atoms with Crippen LogP contribution >= 0.6 is 23.2 Å². The Kier molecular flexibility index (Phi) is 6.96. The third-order valence-corrected chi connectivity index (χ3v) is 6.03. The average Bonchev–Trinajstić information content (AvgIpc) is 3.28. The molecule has 0 saturated carbocycles. The van der Waals surface area contributed by atoms with E-state index in [0.29, 0.717) is 33.5 Å². The van der Waals surface area contributed by atoms with E-state index in [9.17, 15) is 9.59 Å². The van der Waals surface area contributed by atoms with Crippen molar-refractivity contribution < 1.29 is 14.3 Å². The number of carbonyl (C=O) groups is 2. The molecular weight excluding hydrogens is 461 g/mol. The first-order valence-corrected chi connectivity index (χ1v) is 11.0. The lowest BCUT2D eigenvalue weighted by molar-refractivity contribution is -0.131. The average molecular weight is 482 g/mol. The molecule has 1 aliphatic rings. The van der Waals surface area contributed by atoms with Crippen LogP contribution in [0.2, 0.25) is 10.0 Å². The van der Waals surface area contributed by atoms with Crippen molar-refractivity contribution in [3.05, 3.63) is 99.5 Å². The van der Waals surface area contributed by atoms with Gasteiger partial charge in [-0.15, -0.1) is 0 Å². The minimum absolute atomic E-state index is 0.226. The zero-order valence-corrected chi connectivity index (χ0v) is 19.3. The van der Waals surface area contributed by atoms with Gasteiger partial charge in [-0.25, -0.2) is 5.01 Å². The number of nitrogens with zero attached hydrogens (tertiary/aromatic N) is 2. The number of ether oxygens (including phenoxy) is 1. The molecule has 4 rings (SSSR count). The predicted molar refractivity (Wildman–Crippen MR) is 129 cm³/mol. The summed E-state index contributed by atoms with van der Waals surface area (Å²) in [5, 5.41) is 9.53. The van der Waals surface area contributed by atoms with Crippen LogP contribution < -0.4 is 10.1 Å². The van der Waals surface area contributed by atoms with Crippen molar-refractivity contribution >= 4 is 40.7 Å². The zero-order valence-electron chi connectivity index (χ0n) is 17.8. The number of nitrogens with one attached hydrogen (secondary N) is 1. The van der Waals surface area contributed by atoms with Gasteiger partial charge in [0.1, 0.15) is 5.75 Å². The van der Waals surface area contributed by atoms with E-state index in [4.69, 9.17) is 27.9 Å². The van der Waals surface area contributed by atoms with Crippen LogP contribution in [0.25, 0.3) is 0 Å². The Hall–Kier alpha value is -3.35. The Morgan fingerprint density at radius 2 is 1.67 bits per heavy atom. The third kappa shape index (κ3) is 5.02. The predicted octanol–water partition coefficient (Wildman–Crippen LogP) is 5.11. The lowest BCUT2D eigenvalue weighted by atomic mass is 9.98. The maximum absolute atomic E-state index is 13.1. The molecule has 1 N–H and O–H groups in total. The quantitative estimate of drug-likeness (QED) is 0.531. The Balaban J connectivity index is 1.57. The van der Waals surface area contributed by atoms with Crippen molar-refractivity contribution in [1.82, 2.24) is 10.3 Å². The van der Waals surface area contributed by atoms with E-state index < -0.39 is 5.91 Å². The highest BCUT2D eigenvalue weighted by molar-refractivity contribution is 6.34. The molecule has 0 spiro atoms. The van der Waals surface area contributed by atoms with Crippen molar-refractivity contribution in [2.75, 3.05) is 13.7 Å². The van der Waals surface area contributed by atoms with Crippen molar-refractivity contribution in [3.8, 4) is 5.75 Å². The fourth-order valence-electron chi connectivity index (χ4n) is 3.66. The molecular formula is C25H21Cl2N3O3. The van der Waals surface area contributed by atoms with Gasteiger partial charge in [0.25, 0.3) is 11.8 Å². The van der Waals surface area contributed by atoms with Crippen LogP contribution in [-0.4, -0.2) is 36.2 Å². The van der Waals surface area contributed by atoms with Crippen LogP contribution in [0, 0.1) is 0 Å². The molecule has 33 heavy (non-hydrogen) atoms. The van der Waals surface area contributed by atoms with Crippen molar-refractivity contribution in [2.45, 2.75) is 12.5 Å². The summed E-state index contributed by atoms with van der Waals surface area (Å²) in [4.78, 5) is 25.7. The van der Waals surface area contributed by atoms with Crippen LogP contribution in [0.4, 0.5) is 0 Å². The van der Waals surface area contributed by atoms with Crippen molar-refractivity contribution in [1.29, 1.82) is 0 Å². The molecule has 1 atom stereocenters. The third-order valence-electron chi connectivity index (χ3n) is 5.37. The molecule has 0 radical (unpaired) electrons. The smallest absolute Gasteiger partial charge is 0.262 e. The van der Waals surface area contributed by atoms with Gasteiger partial charge in [0, 0.05) is 17.0 Å². The summed E-state index contributed by atoms with van der Waals surface area (Å²) >= 11 is 12.5. The first-order valence-electron chi connectivity index (χ1n) is 10.3. The molecule has 0 bridgehead atoms. The molecule has 0 aromatic heterocycles. The monoisotopic (exact) mass is 481 g/mol. The van der Waals surface area contributed by atoms with E-state index in [-0.39, 0.29) is 18.5 Å². The number of benzene rings is 3. The lowest BCUT2D eigenvalue weighted by Crippen LogP contribution is -2.38. The van der Waals surface area contributed by atoms with Gasteiger partial charge in [0.2, 0.25) is 0 Å². The number of carbonyl (C=O) groups excluding carboxylic acids is 2. The van der Waals surface area contributed by atoms with Gasteiger partial charge in [0.15, 0.2) is 0 Å². The summed E-state index contributed by atoms with van der Waals surface area (Å²) in [7, 11) is 1.60. The molecule has 6 nitrogen and oxygen atoms in total. The highest BCUT2D eigenvalue weighted by atomic mass is 35.5. The molecule has 168 valence electrons. The van der Waals surface area contributed by atoms with Crippen molar-refractivity contribution in [3.63, 3.8) is 0 Å². The molecule has 0 unspecified atom stereocenters. The molecule has 1 heterocycles. The summed E-state index contributed by atoms with van der Waals surface area (Å²) in [5.74, 6) is -0.0587. The van der Waals surface area contributed by atoms with E-state index in [1.807, 2.05) is 42.5 Å². The fraction of sp³-hybridized carbons (Fsp3) is 0.160. The van der Waals surface area contributed by atoms with Gasteiger partial charge in [-0.1, -0.05) is 65.7 Å². The number of hydrazone groups is 1. The number of halogens is 2. The second-order valence-corrected chi connectivity index (χ2v) is 8.23. The molecule has 0 aliphatic carbocycles. The van der Waals surface area contributed by atoms with Crippen molar-refractivity contribution in [2.24, 2.45) is 5.10 Å². The van der Waals surface area contributed by atoms with Crippen LogP contribution in [-0.2, 0) is 4.79 Å². The Bertz CT molecular complexity index is 1210. The highest BCUT2D eigenvalue weighted by Crippen LogP contribution is 2.35. The largest absolute Gasteiger partial charge is 0.497 e. The van der Waals surface area contributed by atoms with Gasteiger partial charge >= 0.3 is 0 Å². The summed E-state index contributed by atoms with van der Waals surface area (Å²) in [6.45, 7) is -0.226. The molecule has 3 aromatic carbocycles. The number of amides is 2. The SMILES string of the molecule is COc1ccc([C@@H]2CC(c3ccccc3Cl)=NN2C(=O)CNC(=O)c2ccccc2Cl)cc1. The van der Waals surface area contributed by atoms with Crippen LogP contribution in [0.5, 0.6) is 5.75 Å². The topological polar surface area (TPSA) is 71.0 Å². The van der Waals surface area contributed by atoms with Gasteiger partial charge in [-0.05, 0) is 35.9 Å². The Morgan fingerprint density at radius 3 is 2.33 bits per heavy atom.